The number of carboxylic acids is 1. The third-order valence-corrected chi connectivity index (χ3v) is 2.57. The van der Waals surface area contributed by atoms with E-state index in [1.54, 1.807) is 6.92 Å². The third kappa shape index (κ3) is 3.66. The molecule has 6 heteroatoms. The number of hydrogen-bond donors (Lipinski definition) is 1. The highest BCUT2D eigenvalue weighted by Gasteiger charge is 2.13. The third-order valence-electron chi connectivity index (χ3n) is 2.57. The normalized spacial score (nSPS) is 10.4. The van der Waals surface area contributed by atoms with Gasteiger partial charge in [-0.2, -0.15) is 0 Å². The molecule has 1 aromatic rings. The first-order chi connectivity index (χ1) is 8.60. The second-order valence-corrected chi connectivity index (χ2v) is 3.75. The Morgan fingerprint density at radius 1 is 1.50 bits per heavy atom. The molecule has 6 nitrogen and oxygen atoms in total. The highest BCUT2D eigenvalue weighted by molar-refractivity contribution is 5.88. The highest BCUT2D eigenvalue weighted by Crippen LogP contribution is 2.11. The van der Waals surface area contributed by atoms with Gasteiger partial charge in [-0.3, -0.25) is 0 Å². The molecule has 0 aromatic carbocycles. The van der Waals surface area contributed by atoms with Gasteiger partial charge < -0.3 is 14.7 Å². The van der Waals surface area contributed by atoms with E-state index in [0.29, 0.717) is 31.4 Å². The summed E-state index contributed by atoms with van der Waals surface area (Å²) in [5.74, 6) is -0.462. The van der Waals surface area contributed by atoms with E-state index in [2.05, 4.69) is 9.97 Å². The van der Waals surface area contributed by atoms with E-state index in [1.807, 2.05) is 18.7 Å². The Hall–Kier alpha value is -1.69. The lowest BCUT2D eigenvalue weighted by atomic mass is 10.2. The quantitative estimate of drug-likeness (QED) is 0.739. The molecule has 1 aromatic heterocycles. The molecular weight excluding hydrogens is 234 g/mol. The van der Waals surface area contributed by atoms with Crippen molar-refractivity contribution in [3.63, 3.8) is 0 Å². The van der Waals surface area contributed by atoms with E-state index in [-0.39, 0.29) is 5.56 Å². The summed E-state index contributed by atoms with van der Waals surface area (Å²) in [5.41, 5.74) is 0.613. The van der Waals surface area contributed by atoms with Crippen LogP contribution in [0.3, 0.4) is 0 Å². The number of hydrogen-bond acceptors (Lipinski definition) is 5. The van der Waals surface area contributed by atoms with Crippen LogP contribution in [-0.2, 0) is 4.74 Å². The van der Waals surface area contributed by atoms with Gasteiger partial charge in [0.1, 0.15) is 0 Å². The van der Waals surface area contributed by atoms with Crippen molar-refractivity contribution in [2.24, 2.45) is 0 Å². The van der Waals surface area contributed by atoms with Crippen molar-refractivity contribution >= 4 is 11.9 Å². The zero-order valence-corrected chi connectivity index (χ0v) is 11.0. The number of carboxylic acid groups (broad SMARTS) is 1. The second kappa shape index (κ2) is 6.90. The first-order valence-electron chi connectivity index (χ1n) is 5.99. The van der Waals surface area contributed by atoms with Gasteiger partial charge in [-0.25, -0.2) is 14.8 Å². The number of likely N-dealkylation sites (N-methyl/N-ethyl adjacent to an activating group) is 1. The molecule has 0 fully saturated rings. The molecule has 18 heavy (non-hydrogen) atoms. The molecule has 0 radical (unpaired) electrons. The number of anilines is 1. The van der Waals surface area contributed by atoms with Crippen molar-refractivity contribution in [2.75, 3.05) is 31.2 Å². The predicted molar refractivity (Wildman–Crippen MR) is 68.1 cm³/mol. The minimum Gasteiger partial charge on any atom is -0.478 e. The van der Waals surface area contributed by atoms with Crippen LogP contribution in [0.5, 0.6) is 0 Å². The molecule has 0 bridgehead atoms. The molecule has 1 heterocycles. The first kappa shape index (κ1) is 14.4. The van der Waals surface area contributed by atoms with Crippen LogP contribution in [0.15, 0.2) is 6.20 Å². The summed E-state index contributed by atoms with van der Waals surface area (Å²) in [6, 6.07) is 0. The zero-order valence-electron chi connectivity index (χ0n) is 11.0. The van der Waals surface area contributed by atoms with Crippen LogP contribution >= 0.6 is 0 Å². The molecular formula is C12H19N3O3. The molecule has 0 unspecified atom stereocenters. The Morgan fingerprint density at radius 3 is 2.72 bits per heavy atom. The number of nitrogens with zero attached hydrogens (tertiary/aromatic N) is 3. The van der Waals surface area contributed by atoms with E-state index < -0.39 is 5.97 Å². The zero-order chi connectivity index (χ0) is 13.5. The van der Waals surface area contributed by atoms with Crippen molar-refractivity contribution in [3.05, 3.63) is 17.5 Å². The number of carbonyl (C=O) groups is 1. The lowest BCUT2D eigenvalue weighted by Crippen LogP contribution is -2.29. The van der Waals surface area contributed by atoms with Crippen LogP contribution < -0.4 is 4.90 Å². The Bertz CT molecular complexity index is 410. The van der Waals surface area contributed by atoms with E-state index >= 15 is 0 Å². The largest absolute Gasteiger partial charge is 0.478 e. The molecule has 100 valence electrons. The minimum atomic E-state index is -1.00. The molecule has 0 aliphatic carbocycles. The number of aromatic nitrogens is 2. The number of ether oxygens (including phenoxy) is 1. The molecule has 0 saturated carbocycles. The maximum atomic E-state index is 10.9. The summed E-state index contributed by atoms with van der Waals surface area (Å²) < 4.78 is 5.29. The summed E-state index contributed by atoms with van der Waals surface area (Å²) >= 11 is 0. The van der Waals surface area contributed by atoms with Crippen LogP contribution in [0.2, 0.25) is 0 Å². The van der Waals surface area contributed by atoms with Gasteiger partial charge in [0.15, 0.2) is 0 Å². The van der Waals surface area contributed by atoms with Crippen molar-refractivity contribution in [1.82, 2.24) is 9.97 Å². The Kier molecular flexibility index (Phi) is 5.51. The summed E-state index contributed by atoms with van der Waals surface area (Å²) in [7, 11) is 0. The average molecular weight is 253 g/mol. The molecule has 0 amide bonds. The first-order valence-corrected chi connectivity index (χ1v) is 5.99. The summed E-state index contributed by atoms with van der Waals surface area (Å²) in [5, 5.41) is 8.91. The lowest BCUT2D eigenvalue weighted by molar-refractivity contribution is 0.0695. The average Bonchev–Trinajstić information content (AvgIpc) is 2.34. The fraction of sp³-hybridized carbons (Fsp3) is 0.583. The van der Waals surface area contributed by atoms with Gasteiger partial charge in [-0.15, -0.1) is 0 Å². The number of aryl methyl sites for hydroxylation is 1. The predicted octanol–water partition coefficient (Wildman–Crippen LogP) is 1.35. The SMILES string of the molecule is CCOCCN(CC)c1ncc(C(=O)O)c(C)n1. The molecule has 0 spiro atoms. The monoisotopic (exact) mass is 253 g/mol. The maximum absolute atomic E-state index is 10.9. The number of rotatable bonds is 7. The standard InChI is InChI=1S/C12H19N3O3/c1-4-15(6-7-18-5-2)12-13-8-10(11(16)17)9(3)14-12/h8H,4-7H2,1-3H3,(H,16,17). The molecule has 0 aliphatic rings. The van der Waals surface area contributed by atoms with Gasteiger partial charge in [-0.05, 0) is 20.8 Å². The summed E-state index contributed by atoms with van der Waals surface area (Å²) in [6.07, 6.45) is 1.35. The van der Waals surface area contributed by atoms with Gasteiger partial charge >= 0.3 is 5.97 Å². The van der Waals surface area contributed by atoms with Crippen molar-refractivity contribution in [3.8, 4) is 0 Å². The summed E-state index contributed by atoms with van der Waals surface area (Å²) in [6.45, 7) is 8.33. The van der Waals surface area contributed by atoms with E-state index in [0.717, 1.165) is 6.54 Å². The fourth-order valence-electron chi connectivity index (χ4n) is 1.54. The van der Waals surface area contributed by atoms with Gasteiger partial charge in [0.05, 0.1) is 17.9 Å². The van der Waals surface area contributed by atoms with E-state index in [1.165, 1.54) is 6.20 Å². The van der Waals surface area contributed by atoms with Crippen LogP contribution in [-0.4, -0.2) is 47.3 Å². The topological polar surface area (TPSA) is 75.5 Å². The van der Waals surface area contributed by atoms with Gasteiger partial charge in [0, 0.05) is 25.9 Å². The molecule has 0 aliphatic heterocycles. The van der Waals surface area contributed by atoms with Crippen LogP contribution in [0.1, 0.15) is 29.9 Å². The highest BCUT2D eigenvalue weighted by atomic mass is 16.5. The van der Waals surface area contributed by atoms with E-state index in [4.69, 9.17) is 9.84 Å². The van der Waals surface area contributed by atoms with E-state index in [9.17, 15) is 4.79 Å². The van der Waals surface area contributed by atoms with Crippen LogP contribution in [0.25, 0.3) is 0 Å². The smallest absolute Gasteiger partial charge is 0.339 e. The lowest BCUT2D eigenvalue weighted by Gasteiger charge is -2.20. The van der Waals surface area contributed by atoms with Gasteiger partial charge in [-0.1, -0.05) is 0 Å². The van der Waals surface area contributed by atoms with Crippen molar-refractivity contribution < 1.29 is 14.6 Å². The fourth-order valence-corrected chi connectivity index (χ4v) is 1.54. The Morgan fingerprint density at radius 2 is 2.22 bits per heavy atom. The van der Waals surface area contributed by atoms with Crippen molar-refractivity contribution in [2.45, 2.75) is 20.8 Å². The van der Waals surface area contributed by atoms with Gasteiger partial charge in [0.25, 0.3) is 0 Å². The molecule has 1 rings (SSSR count). The minimum absolute atomic E-state index is 0.139. The number of aromatic carboxylic acids is 1. The van der Waals surface area contributed by atoms with Gasteiger partial charge in [0.2, 0.25) is 5.95 Å². The Balaban J connectivity index is 2.80. The summed E-state index contributed by atoms with van der Waals surface area (Å²) in [4.78, 5) is 21.1. The molecule has 0 atom stereocenters. The molecule has 1 N–H and O–H groups in total. The molecule has 0 saturated heterocycles. The second-order valence-electron chi connectivity index (χ2n) is 3.75. The van der Waals surface area contributed by atoms with Crippen molar-refractivity contribution in [1.29, 1.82) is 0 Å². The van der Waals surface area contributed by atoms with Crippen LogP contribution in [0.4, 0.5) is 5.95 Å². The maximum Gasteiger partial charge on any atom is 0.339 e. The Labute approximate surface area is 107 Å². The van der Waals surface area contributed by atoms with Crippen LogP contribution in [0, 0.1) is 6.92 Å².